The largest absolute Gasteiger partial charge is 0.466 e. The number of aliphatic hydroxyl groups is 2. The minimum atomic E-state index is -1.72. The number of carbonyl (C=O) groups is 2. The van der Waals surface area contributed by atoms with Crippen LogP contribution in [0.2, 0.25) is 0 Å². The smallest absolute Gasteiger partial charge is 0.343 e. The van der Waals surface area contributed by atoms with Crippen LogP contribution in [0.3, 0.4) is 0 Å². The lowest BCUT2D eigenvalue weighted by Crippen LogP contribution is -2.23. The lowest BCUT2D eigenvalue weighted by Gasteiger charge is -2.18. The van der Waals surface area contributed by atoms with E-state index in [4.69, 9.17) is 0 Å². The van der Waals surface area contributed by atoms with Crippen LogP contribution >= 0.6 is 0 Å². The van der Waals surface area contributed by atoms with E-state index in [2.05, 4.69) is 9.47 Å². The van der Waals surface area contributed by atoms with Crippen LogP contribution in [-0.4, -0.2) is 42.0 Å². The first-order valence-electron chi connectivity index (χ1n) is 6.40. The van der Waals surface area contributed by atoms with Crippen LogP contribution in [0.5, 0.6) is 0 Å². The van der Waals surface area contributed by atoms with E-state index in [-0.39, 0.29) is 12.2 Å². The molecule has 22 heavy (non-hydrogen) atoms. The molecule has 1 aromatic carbocycles. The Morgan fingerprint density at radius 2 is 1.77 bits per heavy atom. The molecule has 0 aliphatic carbocycles. The van der Waals surface area contributed by atoms with Crippen molar-refractivity contribution in [3.05, 3.63) is 34.9 Å². The molecule has 0 saturated heterocycles. The third-order valence-electron chi connectivity index (χ3n) is 2.84. The van der Waals surface area contributed by atoms with Gasteiger partial charge in [-0.2, -0.15) is 0 Å². The predicted octanol–water partition coefficient (Wildman–Crippen LogP) is 1.10. The Labute approximate surface area is 125 Å². The summed E-state index contributed by atoms with van der Waals surface area (Å²) in [4.78, 5) is 22.4. The molecule has 0 amide bonds. The Balaban J connectivity index is 2.97. The first-order chi connectivity index (χ1) is 10.3. The minimum Gasteiger partial charge on any atom is -0.466 e. The van der Waals surface area contributed by atoms with Crippen LogP contribution in [0.4, 0.5) is 8.78 Å². The SMILES string of the molecule is CCOC(=O)CC(O)C(O)c1cc(F)c(C(=O)OC)c(F)c1. The van der Waals surface area contributed by atoms with Gasteiger partial charge in [0.05, 0.1) is 26.2 Å². The summed E-state index contributed by atoms with van der Waals surface area (Å²) in [5.41, 5.74) is -1.22. The molecule has 0 aliphatic heterocycles. The molecule has 0 fully saturated rings. The van der Waals surface area contributed by atoms with E-state index in [0.29, 0.717) is 12.1 Å². The maximum absolute atomic E-state index is 13.7. The standard InChI is InChI=1S/C14H16F2O6/c1-3-22-11(18)6-10(17)13(19)7-4-8(15)12(9(16)5-7)14(20)21-2/h4-5,10,13,17,19H,3,6H2,1-2H3. The van der Waals surface area contributed by atoms with Crippen LogP contribution in [-0.2, 0) is 14.3 Å². The molecule has 1 rings (SSSR count). The highest BCUT2D eigenvalue weighted by atomic mass is 19.1. The van der Waals surface area contributed by atoms with Crippen LogP contribution in [0.15, 0.2) is 12.1 Å². The van der Waals surface area contributed by atoms with Crippen molar-refractivity contribution in [2.24, 2.45) is 0 Å². The second kappa shape index (κ2) is 7.81. The summed E-state index contributed by atoms with van der Waals surface area (Å²) < 4.78 is 36.3. The number of hydrogen-bond donors (Lipinski definition) is 2. The Bertz CT molecular complexity index is 537. The molecule has 0 aromatic heterocycles. The number of hydrogen-bond acceptors (Lipinski definition) is 6. The van der Waals surface area contributed by atoms with Gasteiger partial charge in [0, 0.05) is 0 Å². The molecule has 6 nitrogen and oxygen atoms in total. The van der Waals surface area contributed by atoms with Crippen LogP contribution < -0.4 is 0 Å². The highest BCUT2D eigenvalue weighted by Crippen LogP contribution is 2.24. The monoisotopic (exact) mass is 318 g/mol. The van der Waals surface area contributed by atoms with Crippen molar-refractivity contribution in [1.82, 2.24) is 0 Å². The summed E-state index contributed by atoms with van der Waals surface area (Å²) in [5.74, 6) is -4.46. The van der Waals surface area contributed by atoms with Crippen LogP contribution in [0.25, 0.3) is 0 Å². The van der Waals surface area contributed by atoms with Gasteiger partial charge in [0.2, 0.25) is 0 Å². The molecule has 122 valence electrons. The van der Waals surface area contributed by atoms with Crippen LogP contribution in [0, 0.1) is 11.6 Å². The molecule has 0 bridgehead atoms. The predicted molar refractivity (Wildman–Crippen MR) is 69.9 cm³/mol. The fourth-order valence-electron chi connectivity index (χ4n) is 1.79. The van der Waals surface area contributed by atoms with Gasteiger partial charge in [0.1, 0.15) is 23.3 Å². The molecule has 1 aromatic rings. The normalized spacial score (nSPS) is 13.4. The van der Waals surface area contributed by atoms with Gasteiger partial charge in [0.15, 0.2) is 0 Å². The van der Waals surface area contributed by atoms with Gasteiger partial charge in [-0.05, 0) is 24.6 Å². The Morgan fingerprint density at radius 1 is 1.23 bits per heavy atom. The first-order valence-corrected chi connectivity index (χ1v) is 6.40. The van der Waals surface area contributed by atoms with E-state index < -0.39 is 47.8 Å². The van der Waals surface area contributed by atoms with Gasteiger partial charge in [-0.15, -0.1) is 0 Å². The lowest BCUT2D eigenvalue weighted by molar-refractivity contribution is -0.147. The molecular weight excluding hydrogens is 302 g/mol. The molecule has 0 saturated carbocycles. The quantitative estimate of drug-likeness (QED) is 0.763. The number of esters is 2. The second-order valence-electron chi connectivity index (χ2n) is 4.37. The zero-order valence-electron chi connectivity index (χ0n) is 12.0. The molecule has 0 radical (unpaired) electrons. The summed E-state index contributed by atoms with van der Waals surface area (Å²) >= 11 is 0. The molecule has 8 heteroatoms. The Hall–Kier alpha value is -2.06. The van der Waals surface area contributed by atoms with Crippen molar-refractivity contribution in [3.8, 4) is 0 Å². The maximum Gasteiger partial charge on any atom is 0.343 e. The van der Waals surface area contributed by atoms with Gasteiger partial charge >= 0.3 is 11.9 Å². The van der Waals surface area contributed by atoms with E-state index in [1.165, 1.54) is 0 Å². The van der Waals surface area contributed by atoms with Gasteiger partial charge in [-0.3, -0.25) is 4.79 Å². The summed E-state index contributed by atoms with van der Waals surface area (Å²) in [5, 5.41) is 19.5. The van der Waals surface area contributed by atoms with E-state index in [9.17, 15) is 28.6 Å². The summed E-state index contributed by atoms with van der Waals surface area (Å²) in [6.45, 7) is 1.66. The topological polar surface area (TPSA) is 93.1 Å². The fourth-order valence-corrected chi connectivity index (χ4v) is 1.79. The van der Waals surface area contributed by atoms with E-state index in [1.54, 1.807) is 6.92 Å². The molecule has 2 atom stereocenters. The fraction of sp³-hybridized carbons (Fsp3) is 0.429. The Kier molecular flexibility index (Phi) is 6.39. The number of ether oxygens (including phenoxy) is 2. The highest BCUT2D eigenvalue weighted by molar-refractivity contribution is 5.90. The van der Waals surface area contributed by atoms with Gasteiger partial charge in [-0.25, -0.2) is 13.6 Å². The second-order valence-corrected chi connectivity index (χ2v) is 4.37. The molecule has 2 unspecified atom stereocenters. The van der Waals surface area contributed by atoms with Gasteiger partial charge in [-0.1, -0.05) is 0 Å². The molecule has 0 aliphatic rings. The number of carbonyl (C=O) groups excluding carboxylic acids is 2. The Morgan fingerprint density at radius 3 is 2.23 bits per heavy atom. The van der Waals surface area contributed by atoms with Crippen molar-refractivity contribution in [2.75, 3.05) is 13.7 Å². The first kappa shape index (κ1) is 18.0. The third-order valence-corrected chi connectivity index (χ3v) is 2.84. The maximum atomic E-state index is 13.7. The van der Waals surface area contributed by atoms with Crippen LogP contribution in [0.1, 0.15) is 35.4 Å². The molecular formula is C14H16F2O6. The third kappa shape index (κ3) is 4.22. The molecule has 0 spiro atoms. The number of methoxy groups -OCH3 is 1. The zero-order valence-corrected chi connectivity index (χ0v) is 12.0. The number of rotatable bonds is 6. The van der Waals surface area contributed by atoms with Gasteiger partial charge < -0.3 is 19.7 Å². The number of halogens is 2. The highest BCUT2D eigenvalue weighted by Gasteiger charge is 2.26. The van der Waals surface area contributed by atoms with Crippen molar-refractivity contribution >= 4 is 11.9 Å². The average molecular weight is 318 g/mol. The average Bonchev–Trinajstić information content (AvgIpc) is 2.45. The summed E-state index contributed by atoms with van der Waals surface area (Å²) in [7, 11) is 0.965. The van der Waals surface area contributed by atoms with Crippen molar-refractivity contribution < 1.29 is 38.1 Å². The van der Waals surface area contributed by atoms with Crippen molar-refractivity contribution in [2.45, 2.75) is 25.6 Å². The number of aliphatic hydroxyl groups excluding tert-OH is 2. The van der Waals surface area contributed by atoms with E-state index >= 15 is 0 Å². The van der Waals surface area contributed by atoms with Gasteiger partial charge in [0.25, 0.3) is 0 Å². The van der Waals surface area contributed by atoms with Crippen molar-refractivity contribution in [1.29, 1.82) is 0 Å². The van der Waals surface area contributed by atoms with E-state index in [1.807, 2.05) is 0 Å². The van der Waals surface area contributed by atoms with Crippen molar-refractivity contribution in [3.63, 3.8) is 0 Å². The number of benzene rings is 1. The summed E-state index contributed by atoms with van der Waals surface area (Å²) in [6.07, 6.45) is -3.88. The zero-order chi connectivity index (χ0) is 16.9. The minimum absolute atomic E-state index is 0.0960. The molecule has 2 N–H and O–H groups in total. The lowest BCUT2D eigenvalue weighted by atomic mass is 10.00. The van der Waals surface area contributed by atoms with E-state index in [0.717, 1.165) is 7.11 Å². The summed E-state index contributed by atoms with van der Waals surface area (Å²) in [6, 6.07) is 1.38. The molecule has 0 heterocycles.